The SMILES string of the molecule is Cc1cccc(COc2c(Br)cc(/C=N\NC(=O)c3cc4cc(Br)cc(Br)c4o3)cc2Br)c1. The van der Waals surface area contributed by atoms with Gasteiger partial charge < -0.3 is 9.15 Å². The summed E-state index contributed by atoms with van der Waals surface area (Å²) in [6, 6.07) is 17.3. The summed E-state index contributed by atoms with van der Waals surface area (Å²) in [5.41, 5.74) is 6.14. The molecule has 1 heterocycles. The number of amides is 1. The number of furan rings is 1. The number of hydrogen-bond donors (Lipinski definition) is 1. The minimum Gasteiger partial charge on any atom is -0.487 e. The number of aryl methyl sites for hydroxylation is 1. The molecule has 3 aromatic carbocycles. The van der Waals surface area contributed by atoms with Gasteiger partial charge in [0.2, 0.25) is 0 Å². The maximum atomic E-state index is 12.4. The highest BCUT2D eigenvalue weighted by Gasteiger charge is 2.14. The highest BCUT2D eigenvalue weighted by Crippen LogP contribution is 2.35. The van der Waals surface area contributed by atoms with Crippen LogP contribution in [0.3, 0.4) is 0 Å². The summed E-state index contributed by atoms with van der Waals surface area (Å²) in [5.74, 6) is 0.418. The van der Waals surface area contributed by atoms with E-state index >= 15 is 0 Å². The lowest BCUT2D eigenvalue weighted by molar-refractivity contribution is 0.0929. The second kappa shape index (κ2) is 10.5. The van der Waals surface area contributed by atoms with Crippen LogP contribution in [-0.4, -0.2) is 12.1 Å². The standard InChI is InChI=1S/C24H16Br4N2O3/c1-13-3-2-4-14(5-13)12-32-23-18(26)6-15(7-19(23)27)11-29-30-24(31)21-9-16-8-17(25)10-20(28)22(16)33-21/h2-11H,12H2,1H3,(H,30,31)/b29-11-. The number of ether oxygens (including phenoxy) is 1. The molecule has 4 rings (SSSR count). The molecule has 0 aliphatic carbocycles. The molecule has 1 aromatic heterocycles. The van der Waals surface area contributed by atoms with Gasteiger partial charge in [-0.2, -0.15) is 5.10 Å². The maximum absolute atomic E-state index is 12.4. The highest BCUT2D eigenvalue weighted by atomic mass is 79.9. The van der Waals surface area contributed by atoms with Crippen LogP contribution in [0, 0.1) is 6.92 Å². The smallest absolute Gasteiger partial charge is 0.307 e. The molecule has 168 valence electrons. The first-order valence-electron chi connectivity index (χ1n) is 9.69. The van der Waals surface area contributed by atoms with E-state index in [1.54, 1.807) is 12.3 Å². The van der Waals surface area contributed by atoms with E-state index in [9.17, 15) is 4.79 Å². The topological polar surface area (TPSA) is 63.8 Å². The Labute approximate surface area is 224 Å². The lowest BCUT2D eigenvalue weighted by Gasteiger charge is -2.11. The molecule has 1 N–H and O–H groups in total. The molecule has 0 saturated heterocycles. The van der Waals surface area contributed by atoms with Crippen LogP contribution in [-0.2, 0) is 6.61 Å². The Kier molecular flexibility index (Phi) is 7.73. The number of nitrogens with one attached hydrogen (secondary N) is 1. The minimum atomic E-state index is -0.443. The zero-order chi connectivity index (χ0) is 23.5. The van der Waals surface area contributed by atoms with Gasteiger partial charge in [-0.05, 0) is 96.2 Å². The first-order chi connectivity index (χ1) is 15.8. The van der Waals surface area contributed by atoms with E-state index in [1.165, 1.54) is 5.56 Å². The molecule has 0 aliphatic heterocycles. The third-order valence-corrected chi connectivity index (χ3v) is 6.85. The summed E-state index contributed by atoms with van der Waals surface area (Å²) in [4.78, 5) is 12.4. The third-order valence-electron chi connectivity index (χ3n) is 4.63. The summed E-state index contributed by atoms with van der Waals surface area (Å²) in [7, 11) is 0. The van der Waals surface area contributed by atoms with Gasteiger partial charge in [-0.1, -0.05) is 45.8 Å². The van der Waals surface area contributed by atoms with Crippen LogP contribution >= 0.6 is 63.7 Å². The molecule has 0 aliphatic rings. The van der Waals surface area contributed by atoms with E-state index in [0.29, 0.717) is 17.9 Å². The van der Waals surface area contributed by atoms with Crippen LogP contribution in [0.25, 0.3) is 11.0 Å². The number of rotatable bonds is 6. The fraction of sp³-hybridized carbons (Fsp3) is 0.0833. The molecular formula is C24H16Br4N2O3. The fourth-order valence-electron chi connectivity index (χ4n) is 3.16. The van der Waals surface area contributed by atoms with Crippen molar-refractivity contribution in [2.45, 2.75) is 13.5 Å². The zero-order valence-corrected chi connectivity index (χ0v) is 23.5. The molecule has 0 bridgehead atoms. The predicted molar refractivity (Wildman–Crippen MR) is 144 cm³/mol. The van der Waals surface area contributed by atoms with Gasteiger partial charge in [0.1, 0.15) is 17.9 Å². The summed E-state index contributed by atoms with van der Waals surface area (Å²) in [5, 5.41) is 4.86. The number of halogens is 4. The Bertz CT molecular complexity index is 1360. The van der Waals surface area contributed by atoms with Gasteiger partial charge in [0.25, 0.3) is 0 Å². The van der Waals surface area contributed by atoms with Gasteiger partial charge in [-0.15, -0.1) is 0 Å². The third kappa shape index (κ3) is 5.95. The summed E-state index contributed by atoms with van der Waals surface area (Å²) in [6.07, 6.45) is 1.55. The van der Waals surface area contributed by atoms with Crippen molar-refractivity contribution >= 4 is 86.8 Å². The van der Waals surface area contributed by atoms with Crippen LogP contribution < -0.4 is 10.2 Å². The van der Waals surface area contributed by atoms with Gasteiger partial charge >= 0.3 is 5.91 Å². The van der Waals surface area contributed by atoms with Crippen molar-refractivity contribution in [1.82, 2.24) is 5.43 Å². The van der Waals surface area contributed by atoms with E-state index in [1.807, 2.05) is 36.4 Å². The van der Waals surface area contributed by atoms with Gasteiger partial charge in [0.05, 0.1) is 19.6 Å². The maximum Gasteiger partial charge on any atom is 0.307 e. The molecule has 0 saturated carbocycles. The lowest BCUT2D eigenvalue weighted by Crippen LogP contribution is -2.16. The molecule has 0 spiro atoms. The Hall–Kier alpha value is -1.94. The average molecular weight is 700 g/mol. The van der Waals surface area contributed by atoms with Crippen LogP contribution in [0.4, 0.5) is 0 Å². The second-order valence-electron chi connectivity index (χ2n) is 7.21. The van der Waals surface area contributed by atoms with Crippen molar-refractivity contribution in [3.63, 3.8) is 0 Å². The van der Waals surface area contributed by atoms with Crippen molar-refractivity contribution in [2.24, 2.45) is 5.10 Å². The number of benzene rings is 3. The van der Waals surface area contributed by atoms with Gasteiger partial charge in [-0.3, -0.25) is 4.79 Å². The Morgan fingerprint density at radius 2 is 1.79 bits per heavy atom. The number of carbonyl (C=O) groups excluding carboxylic acids is 1. The Balaban J connectivity index is 1.43. The first-order valence-corrected chi connectivity index (χ1v) is 12.9. The van der Waals surface area contributed by atoms with Crippen molar-refractivity contribution in [1.29, 1.82) is 0 Å². The van der Waals surface area contributed by atoms with Crippen molar-refractivity contribution in [3.05, 3.63) is 94.9 Å². The van der Waals surface area contributed by atoms with E-state index < -0.39 is 5.91 Å². The van der Waals surface area contributed by atoms with Crippen LogP contribution in [0.5, 0.6) is 5.75 Å². The molecule has 0 radical (unpaired) electrons. The lowest BCUT2D eigenvalue weighted by atomic mass is 10.1. The summed E-state index contributed by atoms with van der Waals surface area (Å²) < 4.78 is 14.8. The normalized spacial score (nSPS) is 11.3. The van der Waals surface area contributed by atoms with Gasteiger partial charge in [0.15, 0.2) is 5.76 Å². The van der Waals surface area contributed by atoms with Crippen LogP contribution in [0.15, 0.2) is 82.0 Å². The van der Waals surface area contributed by atoms with Crippen LogP contribution in [0.2, 0.25) is 0 Å². The quantitative estimate of drug-likeness (QED) is 0.163. The van der Waals surface area contributed by atoms with Gasteiger partial charge in [-0.25, -0.2) is 5.43 Å². The molecule has 4 aromatic rings. The number of nitrogens with zero attached hydrogens (tertiary/aromatic N) is 1. The van der Waals surface area contributed by atoms with E-state index in [2.05, 4.69) is 93.3 Å². The number of hydrazone groups is 1. The van der Waals surface area contributed by atoms with Crippen LogP contribution in [0.1, 0.15) is 27.2 Å². The molecule has 1 amide bonds. The number of hydrogen-bond acceptors (Lipinski definition) is 4. The van der Waals surface area contributed by atoms with Crippen molar-refractivity contribution < 1.29 is 13.9 Å². The zero-order valence-electron chi connectivity index (χ0n) is 17.2. The summed E-state index contributed by atoms with van der Waals surface area (Å²) in [6.45, 7) is 2.50. The molecule has 0 unspecified atom stereocenters. The molecule has 0 atom stereocenters. The number of fused-ring (bicyclic) bond motifs is 1. The molecule has 33 heavy (non-hydrogen) atoms. The number of carbonyl (C=O) groups is 1. The highest BCUT2D eigenvalue weighted by molar-refractivity contribution is 9.11. The summed E-state index contributed by atoms with van der Waals surface area (Å²) >= 11 is 14.0. The largest absolute Gasteiger partial charge is 0.487 e. The second-order valence-corrected chi connectivity index (χ2v) is 10.7. The Morgan fingerprint density at radius 1 is 1.03 bits per heavy atom. The molecule has 5 nitrogen and oxygen atoms in total. The monoisotopic (exact) mass is 696 g/mol. The predicted octanol–water partition coefficient (Wildman–Crippen LogP) is 8.13. The van der Waals surface area contributed by atoms with E-state index in [-0.39, 0.29) is 5.76 Å². The minimum absolute atomic E-state index is 0.170. The molecule has 0 fully saturated rings. The fourth-order valence-corrected chi connectivity index (χ4v) is 5.95. The van der Waals surface area contributed by atoms with Crippen molar-refractivity contribution in [3.8, 4) is 5.75 Å². The van der Waals surface area contributed by atoms with E-state index in [0.717, 1.165) is 34.4 Å². The average Bonchev–Trinajstić information content (AvgIpc) is 3.18. The first kappa shape index (κ1) is 24.2. The molecular weight excluding hydrogens is 684 g/mol. The van der Waals surface area contributed by atoms with Gasteiger partial charge in [0, 0.05) is 9.86 Å². The Morgan fingerprint density at radius 3 is 2.52 bits per heavy atom. The molecule has 9 heteroatoms. The van der Waals surface area contributed by atoms with E-state index in [4.69, 9.17) is 9.15 Å². The van der Waals surface area contributed by atoms with Crippen molar-refractivity contribution in [2.75, 3.05) is 0 Å².